The van der Waals surface area contributed by atoms with E-state index < -0.39 is 35.3 Å². The Morgan fingerprint density at radius 3 is 2.33 bits per heavy atom. The number of hydrogen-bond acceptors (Lipinski definition) is 3. The number of nitrogens with zero attached hydrogens (tertiary/aromatic N) is 2. The lowest BCUT2D eigenvalue weighted by molar-refractivity contribution is -0.137. The quantitative estimate of drug-likeness (QED) is 0.291. The summed E-state index contributed by atoms with van der Waals surface area (Å²) in [5.41, 5.74) is 1.55. The molecule has 2 amide bonds. The minimum atomic E-state index is -4.61. The summed E-state index contributed by atoms with van der Waals surface area (Å²) in [6.07, 6.45) is 0.213. The number of fused-ring (bicyclic) bond motifs is 1. The Morgan fingerprint density at radius 1 is 0.911 bits per heavy atom. The fourth-order valence-electron chi connectivity index (χ4n) is 6.95. The second kappa shape index (κ2) is 12.4. The van der Waals surface area contributed by atoms with E-state index in [1.165, 1.54) is 6.07 Å². The van der Waals surface area contributed by atoms with Gasteiger partial charge in [-0.05, 0) is 117 Å². The van der Waals surface area contributed by atoms with Crippen molar-refractivity contribution >= 4 is 23.4 Å². The number of piperidine rings is 2. The molecule has 2 heterocycles. The fourth-order valence-corrected chi connectivity index (χ4v) is 7.16. The van der Waals surface area contributed by atoms with Gasteiger partial charge in [0.2, 0.25) is 0 Å². The summed E-state index contributed by atoms with van der Waals surface area (Å²) in [7, 11) is 0. The van der Waals surface area contributed by atoms with E-state index in [9.17, 15) is 31.5 Å². The van der Waals surface area contributed by atoms with Gasteiger partial charge in [-0.25, -0.2) is 8.78 Å². The third kappa shape index (κ3) is 6.72. The molecule has 3 aliphatic rings. The van der Waals surface area contributed by atoms with Gasteiger partial charge in [-0.15, -0.1) is 0 Å². The lowest BCUT2D eigenvalue weighted by Crippen LogP contribution is -2.48. The zero-order chi connectivity index (χ0) is 31.9. The number of rotatable bonds is 5. The van der Waals surface area contributed by atoms with Crippen molar-refractivity contribution in [3.05, 3.63) is 105 Å². The van der Waals surface area contributed by atoms with Crippen LogP contribution in [-0.2, 0) is 19.1 Å². The molecule has 5 nitrogen and oxygen atoms in total. The van der Waals surface area contributed by atoms with Gasteiger partial charge >= 0.3 is 6.18 Å². The summed E-state index contributed by atoms with van der Waals surface area (Å²) in [4.78, 5) is 30.6. The summed E-state index contributed by atoms with van der Waals surface area (Å²) in [5, 5.41) is 2.75. The fraction of sp³-hybridized carbons (Fsp3) is 0.412. The normalized spacial score (nSPS) is 19.9. The molecular weight excluding hydrogens is 613 g/mol. The minimum Gasteiger partial charge on any atom is -0.345 e. The predicted octanol–water partition coefficient (Wildman–Crippen LogP) is 7.57. The topological polar surface area (TPSA) is 52.7 Å². The molecule has 1 atom stereocenters. The highest BCUT2D eigenvalue weighted by Gasteiger charge is 2.39. The van der Waals surface area contributed by atoms with Crippen LogP contribution in [0.15, 0.2) is 54.6 Å². The van der Waals surface area contributed by atoms with E-state index in [2.05, 4.69) is 10.2 Å². The monoisotopic (exact) mass is 645 g/mol. The van der Waals surface area contributed by atoms with Crippen molar-refractivity contribution in [3.63, 3.8) is 0 Å². The number of amides is 2. The molecule has 2 saturated heterocycles. The maximum Gasteiger partial charge on any atom is 0.416 e. The van der Waals surface area contributed by atoms with Crippen LogP contribution in [0, 0.1) is 17.0 Å². The average molecular weight is 646 g/mol. The van der Waals surface area contributed by atoms with Crippen LogP contribution in [0.5, 0.6) is 0 Å². The van der Waals surface area contributed by atoms with Crippen molar-refractivity contribution in [1.82, 2.24) is 15.1 Å². The lowest BCUT2D eigenvalue weighted by Gasteiger charge is -2.47. The van der Waals surface area contributed by atoms with Crippen LogP contribution in [0.1, 0.15) is 81.1 Å². The average Bonchev–Trinajstić information content (AvgIpc) is 3.41. The molecule has 1 aliphatic carbocycles. The summed E-state index contributed by atoms with van der Waals surface area (Å²) >= 11 is 6.08. The molecule has 11 heteroatoms. The zero-order valence-electron chi connectivity index (χ0n) is 24.5. The van der Waals surface area contributed by atoms with E-state index in [0.717, 1.165) is 80.2 Å². The Balaban J connectivity index is 1.06. The Kier molecular flexibility index (Phi) is 8.65. The van der Waals surface area contributed by atoms with Gasteiger partial charge < -0.3 is 10.2 Å². The Morgan fingerprint density at radius 2 is 1.62 bits per heavy atom. The summed E-state index contributed by atoms with van der Waals surface area (Å²) in [5.74, 6) is -1.64. The van der Waals surface area contributed by atoms with E-state index >= 15 is 0 Å². The van der Waals surface area contributed by atoms with Crippen LogP contribution in [0.4, 0.5) is 22.0 Å². The van der Waals surface area contributed by atoms with Crippen molar-refractivity contribution in [3.8, 4) is 0 Å². The highest BCUT2D eigenvalue weighted by molar-refractivity contribution is 6.33. The summed E-state index contributed by atoms with van der Waals surface area (Å²) in [6.45, 7) is 3.17. The van der Waals surface area contributed by atoms with Crippen molar-refractivity contribution in [2.75, 3.05) is 26.2 Å². The second-order valence-electron chi connectivity index (χ2n) is 12.5. The van der Waals surface area contributed by atoms with Crippen molar-refractivity contribution in [2.24, 2.45) is 5.41 Å². The van der Waals surface area contributed by atoms with E-state index in [1.807, 2.05) is 11.0 Å². The molecule has 6 rings (SSSR count). The molecule has 0 saturated carbocycles. The van der Waals surface area contributed by atoms with Crippen molar-refractivity contribution in [1.29, 1.82) is 0 Å². The molecule has 0 radical (unpaired) electrons. The number of benzene rings is 3. The van der Waals surface area contributed by atoms with Gasteiger partial charge in [0.25, 0.3) is 11.8 Å². The van der Waals surface area contributed by atoms with Crippen molar-refractivity contribution < 1.29 is 31.5 Å². The van der Waals surface area contributed by atoms with Crippen LogP contribution in [0.25, 0.3) is 0 Å². The largest absolute Gasteiger partial charge is 0.416 e. The summed E-state index contributed by atoms with van der Waals surface area (Å²) < 4.78 is 67.4. The highest BCUT2D eigenvalue weighted by Crippen LogP contribution is 2.42. The highest BCUT2D eigenvalue weighted by atomic mass is 35.5. The smallest absolute Gasteiger partial charge is 0.345 e. The second-order valence-corrected chi connectivity index (χ2v) is 12.9. The predicted molar refractivity (Wildman–Crippen MR) is 160 cm³/mol. The Hall–Kier alpha value is -3.50. The van der Waals surface area contributed by atoms with Gasteiger partial charge in [0.1, 0.15) is 11.6 Å². The molecule has 2 aliphatic heterocycles. The van der Waals surface area contributed by atoms with E-state index in [1.54, 1.807) is 12.1 Å². The number of carbonyl (C=O) groups is 2. The Labute approximate surface area is 263 Å². The SMILES string of the molecule is O=C(NC1CCc2ccc(C(=O)N3CCC4(CCN(Cc5cc(F)ccc5F)CC4)CC3)cc21)c1cc(C(F)(F)F)ccc1Cl. The van der Waals surface area contributed by atoms with Crippen LogP contribution in [0.2, 0.25) is 5.02 Å². The van der Waals surface area contributed by atoms with Crippen LogP contribution < -0.4 is 5.32 Å². The standard InChI is InChI=1S/C34H33ClF5N3O2/c35-28-6-4-24(34(38,39)40)19-27(28)31(44)41-30-8-3-21-1-2-22(18-26(21)30)32(45)43-15-11-33(12-16-43)9-13-42(14-10-33)20-23-17-25(36)5-7-29(23)37/h1-2,4-7,17-19,30H,3,8-16,20H2,(H,41,44). The molecule has 3 aromatic rings. The number of likely N-dealkylation sites (tertiary alicyclic amines) is 2. The van der Waals surface area contributed by atoms with Gasteiger partial charge in [-0.3, -0.25) is 14.5 Å². The van der Waals surface area contributed by atoms with E-state index in [4.69, 9.17) is 11.6 Å². The van der Waals surface area contributed by atoms with Gasteiger partial charge in [-0.2, -0.15) is 13.2 Å². The van der Waals surface area contributed by atoms with Crippen LogP contribution in [0.3, 0.4) is 0 Å². The van der Waals surface area contributed by atoms with Crippen LogP contribution >= 0.6 is 11.6 Å². The number of halogens is 6. The number of carbonyl (C=O) groups excluding carboxylic acids is 2. The minimum absolute atomic E-state index is 0.0725. The maximum absolute atomic E-state index is 14.1. The molecular formula is C34H33ClF5N3O2. The number of nitrogens with one attached hydrogen (secondary N) is 1. The summed E-state index contributed by atoms with van der Waals surface area (Å²) in [6, 6.07) is 11.2. The molecule has 1 spiro atoms. The molecule has 45 heavy (non-hydrogen) atoms. The zero-order valence-corrected chi connectivity index (χ0v) is 25.3. The van der Waals surface area contributed by atoms with Gasteiger partial charge in [0.15, 0.2) is 0 Å². The number of alkyl halides is 3. The number of aryl methyl sites for hydroxylation is 1. The third-order valence-corrected chi connectivity index (χ3v) is 10.1. The van der Waals surface area contributed by atoms with Gasteiger partial charge in [-0.1, -0.05) is 17.7 Å². The van der Waals surface area contributed by atoms with Gasteiger partial charge in [0.05, 0.1) is 22.2 Å². The maximum atomic E-state index is 14.1. The first kappa shape index (κ1) is 31.5. The third-order valence-electron chi connectivity index (χ3n) is 9.74. The first-order valence-electron chi connectivity index (χ1n) is 15.2. The molecule has 0 bridgehead atoms. The van der Waals surface area contributed by atoms with Gasteiger partial charge in [0, 0.05) is 30.8 Å². The van der Waals surface area contributed by atoms with Crippen molar-refractivity contribution in [2.45, 2.75) is 57.3 Å². The van der Waals surface area contributed by atoms with Crippen LogP contribution in [-0.4, -0.2) is 47.8 Å². The lowest BCUT2D eigenvalue weighted by atomic mass is 9.71. The molecule has 3 aromatic carbocycles. The number of hydrogen-bond donors (Lipinski definition) is 1. The Bertz CT molecular complexity index is 1610. The molecule has 0 aromatic heterocycles. The first-order valence-corrected chi connectivity index (χ1v) is 15.5. The first-order chi connectivity index (χ1) is 21.4. The van der Waals surface area contributed by atoms with E-state index in [-0.39, 0.29) is 21.9 Å². The molecule has 2 fully saturated rings. The molecule has 238 valence electrons. The molecule has 1 N–H and O–H groups in total. The van der Waals surface area contributed by atoms with E-state index in [0.29, 0.717) is 43.6 Å². The molecule has 1 unspecified atom stereocenters.